The van der Waals surface area contributed by atoms with Crippen molar-refractivity contribution in [3.63, 3.8) is 0 Å². The second-order valence-corrected chi connectivity index (χ2v) is 6.66. The van der Waals surface area contributed by atoms with Crippen molar-refractivity contribution in [3.05, 3.63) is 11.7 Å². The largest absolute Gasteiger partial charge is 0.370 e. The molecule has 2 heterocycles. The fraction of sp³-hybridized carbons (Fsp3) is 0.818. The summed E-state index contributed by atoms with van der Waals surface area (Å²) < 4.78 is 10.5. The Balaban J connectivity index is 2.12. The highest BCUT2D eigenvalue weighted by Gasteiger charge is 2.31. The van der Waals surface area contributed by atoms with E-state index in [-0.39, 0.29) is 6.10 Å². The number of thioether (sulfide) groups is 2. The lowest BCUT2D eigenvalue weighted by atomic mass is 10.2. The van der Waals surface area contributed by atoms with E-state index in [1.54, 1.807) is 7.11 Å². The molecule has 1 aliphatic heterocycles. The summed E-state index contributed by atoms with van der Waals surface area (Å²) in [6.45, 7) is 2.55. The first kappa shape index (κ1) is 14.2. The number of nitrogens with two attached hydrogens (primary N) is 1. The van der Waals surface area contributed by atoms with Crippen molar-refractivity contribution < 1.29 is 9.26 Å². The minimum Gasteiger partial charge on any atom is -0.370 e. The predicted molar refractivity (Wildman–Crippen MR) is 74.8 cm³/mol. The molecule has 7 heteroatoms. The first-order valence-corrected chi connectivity index (χ1v) is 8.19. The Hall–Kier alpha value is -0.240. The molecule has 0 bridgehead atoms. The topological polar surface area (TPSA) is 74.2 Å². The van der Waals surface area contributed by atoms with Gasteiger partial charge >= 0.3 is 0 Å². The molecule has 0 saturated carbocycles. The monoisotopic (exact) mass is 289 g/mol. The van der Waals surface area contributed by atoms with Crippen molar-refractivity contribution >= 4 is 23.5 Å². The van der Waals surface area contributed by atoms with Crippen LogP contribution in [0.1, 0.15) is 36.4 Å². The molecule has 0 spiro atoms. The molecular weight excluding hydrogens is 270 g/mol. The van der Waals surface area contributed by atoms with Crippen LogP contribution in [0.3, 0.4) is 0 Å². The van der Waals surface area contributed by atoms with Gasteiger partial charge in [-0.1, -0.05) is 12.1 Å². The molecule has 0 amide bonds. The predicted octanol–water partition coefficient (Wildman–Crippen LogP) is 2.02. The highest BCUT2D eigenvalue weighted by molar-refractivity contribution is 8.06. The fourth-order valence-corrected chi connectivity index (χ4v) is 4.92. The lowest BCUT2D eigenvalue weighted by molar-refractivity contribution is 0.0804. The SMILES string of the molecule is CCC1SCCSC1c1noc(C(CN)OC)n1. The quantitative estimate of drug-likeness (QED) is 0.888. The molecular formula is C11H19N3O2S2. The number of aromatic nitrogens is 2. The first-order chi connectivity index (χ1) is 8.80. The van der Waals surface area contributed by atoms with E-state index in [0.29, 0.717) is 22.9 Å². The average molecular weight is 289 g/mol. The summed E-state index contributed by atoms with van der Waals surface area (Å²) in [5.41, 5.74) is 5.59. The summed E-state index contributed by atoms with van der Waals surface area (Å²) in [6.07, 6.45) is 0.823. The Morgan fingerprint density at radius 1 is 1.50 bits per heavy atom. The number of ether oxygens (including phenoxy) is 1. The van der Waals surface area contributed by atoms with E-state index in [0.717, 1.165) is 18.0 Å². The van der Waals surface area contributed by atoms with E-state index in [2.05, 4.69) is 17.1 Å². The Morgan fingerprint density at radius 3 is 2.94 bits per heavy atom. The second kappa shape index (κ2) is 6.79. The highest BCUT2D eigenvalue weighted by Crippen LogP contribution is 2.43. The van der Waals surface area contributed by atoms with E-state index in [4.69, 9.17) is 15.0 Å². The van der Waals surface area contributed by atoms with Gasteiger partial charge < -0.3 is 15.0 Å². The van der Waals surface area contributed by atoms with E-state index in [9.17, 15) is 0 Å². The van der Waals surface area contributed by atoms with Gasteiger partial charge in [-0.25, -0.2) is 0 Å². The summed E-state index contributed by atoms with van der Waals surface area (Å²) in [7, 11) is 1.60. The Morgan fingerprint density at radius 2 is 2.28 bits per heavy atom. The van der Waals surface area contributed by atoms with Gasteiger partial charge in [0.1, 0.15) is 6.10 Å². The van der Waals surface area contributed by atoms with Crippen LogP contribution < -0.4 is 5.73 Å². The summed E-state index contributed by atoms with van der Waals surface area (Å²) in [6, 6.07) is 0. The van der Waals surface area contributed by atoms with Crippen molar-refractivity contribution in [2.75, 3.05) is 25.2 Å². The molecule has 5 nitrogen and oxygen atoms in total. The maximum atomic E-state index is 5.59. The first-order valence-electron chi connectivity index (χ1n) is 6.09. The molecule has 0 radical (unpaired) electrons. The average Bonchev–Trinajstić information content (AvgIpc) is 2.89. The molecule has 2 rings (SSSR count). The minimum atomic E-state index is -0.299. The summed E-state index contributed by atoms with van der Waals surface area (Å²) in [4.78, 5) is 4.46. The molecule has 1 aromatic heterocycles. The van der Waals surface area contributed by atoms with Crippen molar-refractivity contribution in [2.45, 2.75) is 29.9 Å². The molecule has 1 aliphatic rings. The standard InChI is InChI=1S/C11H19N3O2S2/c1-3-8-9(18-5-4-17-8)10-13-11(16-14-10)7(6-12)15-2/h7-9H,3-6,12H2,1-2H3. The third-order valence-electron chi connectivity index (χ3n) is 2.94. The molecule has 1 saturated heterocycles. The number of hydrogen-bond donors (Lipinski definition) is 1. The van der Waals surface area contributed by atoms with Gasteiger partial charge in [0.15, 0.2) is 5.82 Å². The summed E-state index contributed by atoms with van der Waals surface area (Å²) in [5, 5.41) is 4.98. The molecule has 3 atom stereocenters. The maximum absolute atomic E-state index is 5.59. The number of hydrogen-bond acceptors (Lipinski definition) is 7. The Bertz CT molecular complexity index is 371. The molecule has 0 aromatic carbocycles. The lowest BCUT2D eigenvalue weighted by Gasteiger charge is -2.27. The normalized spacial score (nSPS) is 26.2. The van der Waals surface area contributed by atoms with Gasteiger partial charge in [0, 0.05) is 30.4 Å². The third-order valence-corrected chi connectivity index (χ3v) is 6.18. The molecule has 0 aliphatic carbocycles. The molecule has 18 heavy (non-hydrogen) atoms. The molecule has 102 valence electrons. The molecule has 1 fully saturated rings. The van der Waals surface area contributed by atoms with Crippen molar-refractivity contribution in [1.82, 2.24) is 10.1 Å². The summed E-state index contributed by atoms with van der Waals surface area (Å²) in [5.74, 6) is 3.61. The van der Waals surface area contributed by atoms with Crippen LogP contribution in [-0.4, -0.2) is 40.6 Å². The van der Waals surface area contributed by atoms with Crippen LogP contribution in [0.5, 0.6) is 0 Å². The van der Waals surface area contributed by atoms with Gasteiger partial charge in [-0.15, -0.1) is 11.8 Å². The maximum Gasteiger partial charge on any atom is 0.257 e. The number of rotatable bonds is 5. The van der Waals surface area contributed by atoms with Crippen molar-refractivity contribution in [2.24, 2.45) is 5.73 Å². The zero-order valence-electron chi connectivity index (χ0n) is 10.7. The van der Waals surface area contributed by atoms with Crippen molar-refractivity contribution in [3.8, 4) is 0 Å². The summed E-state index contributed by atoms with van der Waals surface area (Å²) >= 11 is 3.91. The van der Waals surface area contributed by atoms with Crippen LogP contribution in [0, 0.1) is 0 Å². The Kier molecular flexibility index (Phi) is 5.35. The smallest absolute Gasteiger partial charge is 0.257 e. The van der Waals surface area contributed by atoms with Gasteiger partial charge in [-0.05, 0) is 6.42 Å². The zero-order chi connectivity index (χ0) is 13.0. The van der Waals surface area contributed by atoms with Crippen LogP contribution in [0.4, 0.5) is 0 Å². The van der Waals surface area contributed by atoms with Crippen LogP contribution in [0.2, 0.25) is 0 Å². The van der Waals surface area contributed by atoms with Gasteiger partial charge in [0.05, 0.1) is 5.25 Å². The minimum absolute atomic E-state index is 0.299. The van der Waals surface area contributed by atoms with E-state index in [1.807, 2.05) is 23.5 Å². The molecule has 2 N–H and O–H groups in total. The van der Waals surface area contributed by atoms with Gasteiger partial charge in [0.2, 0.25) is 0 Å². The van der Waals surface area contributed by atoms with E-state index in [1.165, 1.54) is 5.75 Å². The van der Waals surface area contributed by atoms with E-state index >= 15 is 0 Å². The van der Waals surface area contributed by atoms with Gasteiger partial charge in [-0.3, -0.25) is 0 Å². The Labute approximate surface area is 116 Å². The number of methoxy groups -OCH3 is 1. The highest BCUT2D eigenvalue weighted by atomic mass is 32.2. The van der Waals surface area contributed by atoms with E-state index < -0.39 is 0 Å². The van der Waals surface area contributed by atoms with Crippen LogP contribution in [-0.2, 0) is 4.74 Å². The van der Waals surface area contributed by atoms with Crippen LogP contribution >= 0.6 is 23.5 Å². The van der Waals surface area contributed by atoms with Gasteiger partial charge in [0.25, 0.3) is 5.89 Å². The third kappa shape index (κ3) is 3.01. The van der Waals surface area contributed by atoms with Crippen LogP contribution in [0.15, 0.2) is 4.52 Å². The number of nitrogens with zero attached hydrogens (tertiary/aromatic N) is 2. The lowest BCUT2D eigenvalue weighted by Crippen LogP contribution is -2.19. The van der Waals surface area contributed by atoms with Crippen LogP contribution in [0.25, 0.3) is 0 Å². The second-order valence-electron chi connectivity index (χ2n) is 4.06. The van der Waals surface area contributed by atoms with Gasteiger partial charge in [-0.2, -0.15) is 16.7 Å². The zero-order valence-corrected chi connectivity index (χ0v) is 12.3. The fourth-order valence-electron chi connectivity index (χ4n) is 1.93. The molecule has 1 aromatic rings. The van der Waals surface area contributed by atoms with Crippen molar-refractivity contribution in [1.29, 1.82) is 0 Å². The molecule has 3 unspecified atom stereocenters.